The average molecular weight is 404 g/mol. The van der Waals surface area contributed by atoms with E-state index in [4.69, 9.17) is 10.7 Å². The van der Waals surface area contributed by atoms with Gasteiger partial charge in [-0.1, -0.05) is 56.5 Å². The van der Waals surface area contributed by atoms with E-state index in [0.717, 1.165) is 44.2 Å². The van der Waals surface area contributed by atoms with E-state index in [2.05, 4.69) is 54.1 Å². The highest BCUT2D eigenvalue weighted by atomic mass is 16.1. The van der Waals surface area contributed by atoms with Crippen LogP contribution in [0.4, 0.5) is 0 Å². The predicted molar refractivity (Wildman–Crippen MR) is 123 cm³/mol. The lowest BCUT2D eigenvalue weighted by Crippen LogP contribution is -2.29. The molecule has 158 valence electrons. The van der Waals surface area contributed by atoms with Crippen LogP contribution in [-0.2, 0) is 4.79 Å². The average Bonchev–Trinajstić information content (AvgIpc) is 3.43. The SMILES string of the molecule is CCC(CCCC(C(N)=O)C1CCCC1)n1cc(-c2ccccc2)c2cccnc21. The summed E-state index contributed by atoms with van der Waals surface area (Å²) in [6, 6.07) is 15.1. The van der Waals surface area contributed by atoms with Crippen LogP contribution in [0.25, 0.3) is 22.2 Å². The quantitative estimate of drug-likeness (QED) is 0.468. The zero-order valence-electron chi connectivity index (χ0n) is 18.0. The highest BCUT2D eigenvalue weighted by Gasteiger charge is 2.29. The number of hydrogen-bond acceptors (Lipinski definition) is 2. The fourth-order valence-corrected chi connectivity index (χ4v) is 5.29. The van der Waals surface area contributed by atoms with Gasteiger partial charge in [-0.3, -0.25) is 4.79 Å². The molecule has 0 saturated heterocycles. The van der Waals surface area contributed by atoms with Crippen LogP contribution in [-0.4, -0.2) is 15.5 Å². The number of carbonyl (C=O) groups excluding carboxylic acids is 1. The Balaban J connectivity index is 1.54. The molecular formula is C26H33N3O. The molecule has 2 atom stereocenters. The van der Waals surface area contributed by atoms with Crippen LogP contribution in [0.3, 0.4) is 0 Å². The van der Waals surface area contributed by atoms with Crippen molar-refractivity contribution in [2.75, 3.05) is 0 Å². The van der Waals surface area contributed by atoms with Gasteiger partial charge in [0.15, 0.2) is 0 Å². The first kappa shape index (κ1) is 20.6. The fraction of sp³-hybridized carbons (Fsp3) is 0.462. The second kappa shape index (κ2) is 9.46. The zero-order chi connectivity index (χ0) is 20.9. The van der Waals surface area contributed by atoms with Crippen LogP contribution < -0.4 is 5.73 Å². The Morgan fingerprint density at radius 1 is 1.13 bits per heavy atom. The van der Waals surface area contributed by atoms with E-state index in [0.29, 0.717) is 12.0 Å². The number of nitrogens with zero attached hydrogens (tertiary/aromatic N) is 2. The van der Waals surface area contributed by atoms with E-state index in [1.807, 2.05) is 12.3 Å². The molecule has 4 nitrogen and oxygen atoms in total. The molecule has 1 amide bonds. The number of amides is 1. The summed E-state index contributed by atoms with van der Waals surface area (Å²) in [5.74, 6) is 0.445. The van der Waals surface area contributed by atoms with Gasteiger partial charge >= 0.3 is 0 Å². The summed E-state index contributed by atoms with van der Waals surface area (Å²) in [4.78, 5) is 16.8. The molecule has 2 unspecified atom stereocenters. The van der Waals surface area contributed by atoms with E-state index >= 15 is 0 Å². The van der Waals surface area contributed by atoms with Gasteiger partial charge in [0.1, 0.15) is 5.65 Å². The van der Waals surface area contributed by atoms with Gasteiger partial charge in [0.25, 0.3) is 0 Å². The molecule has 2 N–H and O–H groups in total. The minimum atomic E-state index is -0.102. The molecule has 0 spiro atoms. The summed E-state index contributed by atoms with van der Waals surface area (Å²) in [7, 11) is 0. The summed E-state index contributed by atoms with van der Waals surface area (Å²) < 4.78 is 2.35. The Morgan fingerprint density at radius 2 is 1.90 bits per heavy atom. The summed E-state index contributed by atoms with van der Waals surface area (Å²) in [5.41, 5.74) is 9.27. The maximum absolute atomic E-state index is 12.0. The molecule has 30 heavy (non-hydrogen) atoms. The number of pyridine rings is 1. The Morgan fingerprint density at radius 3 is 2.60 bits per heavy atom. The predicted octanol–water partition coefficient (Wildman–Crippen LogP) is 6.12. The first-order valence-corrected chi connectivity index (χ1v) is 11.5. The highest BCUT2D eigenvalue weighted by Crippen LogP contribution is 2.36. The third-order valence-electron chi connectivity index (χ3n) is 6.93. The van der Waals surface area contributed by atoms with Crippen LogP contribution in [0, 0.1) is 11.8 Å². The molecule has 4 heteroatoms. The number of rotatable bonds is 9. The Bertz CT molecular complexity index is 972. The summed E-state index contributed by atoms with van der Waals surface area (Å²) >= 11 is 0. The molecule has 0 radical (unpaired) electrons. The minimum absolute atomic E-state index is 0.0458. The normalized spacial score (nSPS) is 16.7. The van der Waals surface area contributed by atoms with Crippen LogP contribution in [0.2, 0.25) is 0 Å². The number of hydrogen-bond donors (Lipinski definition) is 1. The van der Waals surface area contributed by atoms with Crippen molar-refractivity contribution < 1.29 is 4.79 Å². The molecule has 2 aromatic heterocycles. The Hall–Kier alpha value is -2.62. The number of primary amides is 1. The molecule has 1 fully saturated rings. The standard InChI is InChI=1S/C26H33N3O/c1-2-21(14-8-15-22(25(27)30)19-12-6-7-13-19)29-18-24(20-10-4-3-5-11-20)23-16-9-17-28-26(23)29/h3-5,9-11,16-19,21-22H,2,6-8,12-15H2,1H3,(H2,27,30). The van der Waals surface area contributed by atoms with Gasteiger partial charge in [-0.15, -0.1) is 0 Å². The number of carbonyl (C=O) groups is 1. The molecule has 3 aromatic rings. The molecule has 2 heterocycles. The third-order valence-corrected chi connectivity index (χ3v) is 6.93. The molecule has 0 bridgehead atoms. The number of fused-ring (bicyclic) bond motifs is 1. The van der Waals surface area contributed by atoms with E-state index in [1.165, 1.54) is 29.4 Å². The van der Waals surface area contributed by atoms with Crippen LogP contribution >= 0.6 is 0 Å². The van der Waals surface area contributed by atoms with Crippen LogP contribution in [0.15, 0.2) is 54.9 Å². The smallest absolute Gasteiger partial charge is 0.220 e. The van der Waals surface area contributed by atoms with E-state index in [9.17, 15) is 4.79 Å². The highest BCUT2D eigenvalue weighted by molar-refractivity contribution is 5.94. The number of nitrogens with two attached hydrogens (primary N) is 1. The molecule has 4 rings (SSSR count). The van der Waals surface area contributed by atoms with Gasteiger partial charge in [0, 0.05) is 35.3 Å². The number of benzene rings is 1. The maximum atomic E-state index is 12.0. The van der Waals surface area contributed by atoms with Gasteiger partial charge in [-0.2, -0.15) is 0 Å². The molecule has 1 aromatic carbocycles. The van der Waals surface area contributed by atoms with Crippen molar-refractivity contribution in [3.63, 3.8) is 0 Å². The number of aromatic nitrogens is 2. The second-order valence-corrected chi connectivity index (χ2v) is 8.74. The van der Waals surface area contributed by atoms with Crippen molar-refractivity contribution in [2.45, 2.75) is 64.3 Å². The lowest BCUT2D eigenvalue weighted by Gasteiger charge is -2.22. The van der Waals surface area contributed by atoms with Crippen molar-refractivity contribution in [1.82, 2.24) is 9.55 Å². The third kappa shape index (κ3) is 4.28. The van der Waals surface area contributed by atoms with Crippen molar-refractivity contribution >= 4 is 16.9 Å². The van der Waals surface area contributed by atoms with Crippen LogP contribution in [0.1, 0.15) is 64.3 Å². The van der Waals surface area contributed by atoms with Gasteiger partial charge in [-0.05, 0) is 55.7 Å². The topological polar surface area (TPSA) is 60.9 Å². The van der Waals surface area contributed by atoms with Crippen LogP contribution in [0.5, 0.6) is 0 Å². The van der Waals surface area contributed by atoms with Gasteiger partial charge < -0.3 is 10.3 Å². The first-order chi connectivity index (χ1) is 14.7. The molecule has 1 saturated carbocycles. The molecule has 1 aliphatic rings. The van der Waals surface area contributed by atoms with E-state index < -0.39 is 0 Å². The molecule has 1 aliphatic carbocycles. The van der Waals surface area contributed by atoms with Gasteiger partial charge in [0.2, 0.25) is 5.91 Å². The Kier molecular flexibility index (Phi) is 6.51. The summed E-state index contributed by atoms with van der Waals surface area (Å²) in [6.07, 6.45) is 13.0. The van der Waals surface area contributed by atoms with Crippen molar-refractivity contribution in [3.8, 4) is 11.1 Å². The minimum Gasteiger partial charge on any atom is -0.369 e. The molecule has 0 aliphatic heterocycles. The maximum Gasteiger partial charge on any atom is 0.220 e. The van der Waals surface area contributed by atoms with Crippen molar-refractivity contribution in [3.05, 3.63) is 54.9 Å². The summed E-state index contributed by atoms with van der Waals surface area (Å²) in [5, 5.41) is 1.20. The first-order valence-electron chi connectivity index (χ1n) is 11.5. The zero-order valence-corrected chi connectivity index (χ0v) is 18.0. The largest absolute Gasteiger partial charge is 0.369 e. The van der Waals surface area contributed by atoms with E-state index in [-0.39, 0.29) is 11.8 Å². The lowest BCUT2D eigenvalue weighted by atomic mass is 9.85. The summed E-state index contributed by atoms with van der Waals surface area (Å²) in [6.45, 7) is 2.24. The van der Waals surface area contributed by atoms with Crippen molar-refractivity contribution in [2.24, 2.45) is 17.6 Å². The van der Waals surface area contributed by atoms with Gasteiger partial charge in [0.05, 0.1) is 0 Å². The van der Waals surface area contributed by atoms with Gasteiger partial charge in [-0.25, -0.2) is 4.98 Å². The van der Waals surface area contributed by atoms with E-state index in [1.54, 1.807) is 0 Å². The monoisotopic (exact) mass is 403 g/mol. The molecular weight excluding hydrogens is 370 g/mol. The van der Waals surface area contributed by atoms with Crippen molar-refractivity contribution in [1.29, 1.82) is 0 Å². The second-order valence-electron chi connectivity index (χ2n) is 8.74. The lowest BCUT2D eigenvalue weighted by molar-refractivity contribution is -0.123. The fourth-order valence-electron chi connectivity index (χ4n) is 5.29. The Labute approximate surface area is 179 Å².